The summed E-state index contributed by atoms with van der Waals surface area (Å²) in [4.78, 5) is 19.9. The first kappa shape index (κ1) is 28.3. The maximum atomic E-state index is 13.6. The first-order valence-electron chi connectivity index (χ1n) is 12.6. The first-order chi connectivity index (χ1) is 18.7. The molecule has 0 radical (unpaired) electrons. The standard InChI is InChI=1S/C27H30ClF2N7O2/c1-4-36(25(38)22-10-16(2)13-32-22)23-14-37(35-24(23)18-8-9-21(28)17(3)11-18)27(33-15-31)34-19-6-5-7-20(12-19)39-26(29)30/h5-9,11-12,16,22-23,26,32H,4,10,13-14H2,1-3H3,(H,33,34)/t16-,22-,23?/m1/s1. The van der Waals surface area contributed by atoms with Crippen LogP contribution in [0.25, 0.3) is 0 Å². The Bertz CT molecular complexity index is 1310. The normalized spacial score (nSPS) is 21.1. The summed E-state index contributed by atoms with van der Waals surface area (Å²) in [6, 6.07) is 10.6. The van der Waals surface area contributed by atoms with E-state index in [9.17, 15) is 18.8 Å². The molecular weight excluding hydrogens is 528 g/mol. The number of guanidine groups is 1. The van der Waals surface area contributed by atoms with Crippen molar-refractivity contribution < 1.29 is 18.3 Å². The number of aliphatic imine (C=N–C) groups is 1. The van der Waals surface area contributed by atoms with Gasteiger partial charge in [0.1, 0.15) is 5.75 Å². The Hall–Kier alpha value is -3.75. The number of hydrogen-bond acceptors (Lipinski definition) is 6. The van der Waals surface area contributed by atoms with Gasteiger partial charge in [-0.3, -0.25) is 10.1 Å². The first-order valence-corrected chi connectivity index (χ1v) is 13.0. The van der Waals surface area contributed by atoms with Crippen LogP contribution < -0.4 is 15.4 Å². The molecule has 0 bridgehead atoms. The molecule has 1 amide bonds. The van der Waals surface area contributed by atoms with Crippen molar-refractivity contribution in [3.63, 3.8) is 0 Å². The monoisotopic (exact) mass is 557 g/mol. The molecule has 3 atom stereocenters. The minimum atomic E-state index is -2.98. The summed E-state index contributed by atoms with van der Waals surface area (Å²) in [6.45, 7) is 4.37. The molecule has 2 aliphatic heterocycles. The largest absolute Gasteiger partial charge is 0.435 e. The van der Waals surface area contributed by atoms with Crippen molar-refractivity contribution in [3.8, 4) is 11.9 Å². The molecule has 9 nitrogen and oxygen atoms in total. The summed E-state index contributed by atoms with van der Waals surface area (Å²) in [5, 5.41) is 22.2. The van der Waals surface area contributed by atoms with Gasteiger partial charge in [0.2, 0.25) is 11.9 Å². The third-order valence-electron chi connectivity index (χ3n) is 6.68. The fourth-order valence-electron chi connectivity index (χ4n) is 4.80. The molecule has 2 heterocycles. The summed E-state index contributed by atoms with van der Waals surface area (Å²) in [5.41, 5.74) is 2.54. The Morgan fingerprint density at radius 3 is 2.82 bits per heavy atom. The van der Waals surface area contributed by atoms with Gasteiger partial charge >= 0.3 is 6.61 Å². The lowest BCUT2D eigenvalue weighted by molar-refractivity contribution is -0.134. The number of carbonyl (C=O) groups excluding carboxylic acids is 1. The minimum absolute atomic E-state index is 0.0179. The maximum Gasteiger partial charge on any atom is 0.387 e. The molecule has 2 aromatic rings. The van der Waals surface area contributed by atoms with E-state index in [-0.39, 0.29) is 35.9 Å². The minimum Gasteiger partial charge on any atom is -0.435 e. The molecule has 0 spiro atoms. The lowest BCUT2D eigenvalue weighted by Gasteiger charge is -2.31. The van der Waals surface area contributed by atoms with Gasteiger partial charge in [-0.25, -0.2) is 10.0 Å². The SMILES string of the molecule is CCN(C(=O)[C@H]1C[C@@H](C)CN1)C1CN(C(=Nc2cccc(OC(F)F)c2)NC#N)N=C1c1ccc(Cl)c(C)c1. The second-order valence-corrected chi connectivity index (χ2v) is 9.93. The Morgan fingerprint density at radius 1 is 1.38 bits per heavy atom. The summed E-state index contributed by atoms with van der Waals surface area (Å²) >= 11 is 6.27. The van der Waals surface area contributed by atoms with Crippen molar-refractivity contribution in [1.82, 2.24) is 20.5 Å². The number of aryl methyl sites for hydroxylation is 1. The van der Waals surface area contributed by atoms with Gasteiger partial charge in [0, 0.05) is 23.2 Å². The van der Waals surface area contributed by atoms with E-state index in [0.29, 0.717) is 23.2 Å². The molecular formula is C27H30ClF2N7O2. The molecule has 39 heavy (non-hydrogen) atoms. The summed E-state index contributed by atoms with van der Waals surface area (Å²) in [5.74, 6) is 0.390. The highest BCUT2D eigenvalue weighted by atomic mass is 35.5. The van der Waals surface area contributed by atoms with Gasteiger partial charge in [0.05, 0.1) is 30.0 Å². The highest BCUT2D eigenvalue weighted by molar-refractivity contribution is 6.31. The topological polar surface area (TPSA) is 105 Å². The third-order valence-corrected chi connectivity index (χ3v) is 7.11. The molecule has 2 N–H and O–H groups in total. The zero-order chi connectivity index (χ0) is 28.1. The molecule has 2 aromatic carbocycles. The Morgan fingerprint density at radius 2 is 2.18 bits per heavy atom. The van der Waals surface area contributed by atoms with Gasteiger partial charge < -0.3 is 15.0 Å². The maximum absolute atomic E-state index is 13.6. The van der Waals surface area contributed by atoms with Crippen molar-refractivity contribution in [2.24, 2.45) is 16.0 Å². The summed E-state index contributed by atoms with van der Waals surface area (Å²) < 4.78 is 29.9. The molecule has 1 fully saturated rings. The number of nitrogens with one attached hydrogen (secondary N) is 2. The molecule has 12 heteroatoms. The van der Waals surface area contributed by atoms with Gasteiger partial charge in [-0.15, -0.1) is 0 Å². The molecule has 2 aliphatic rings. The number of benzene rings is 2. The van der Waals surface area contributed by atoms with Crippen LogP contribution >= 0.6 is 11.6 Å². The van der Waals surface area contributed by atoms with Crippen molar-refractivity contribution in [2.45, 2.75) is 45.9 Å². The van der Waals surface area contributed by atoms with Gasteiger partial charge in [0.25, 0.3) is 0 Å². The second kappa shape index (κ2) is 12.4. The van der Waals surface area contributed by atoms with Gasteiger partial charge in [0.15, 0.2) is 6.19 Å². The molecule has 0 saturated carbocycles. The lowest BCUT2D eigenvalue weighted by Crippen LogP contribution is -2.53. The molecule has 1 unspecified atom stereocenters. The van der Waals surface area contributed by atoms with E-state index >= 15 is 0 Å². The number of hydrogen-bond donors (Lipinski definition) is 2. The third kappa shape index (κ3) is 6.64. The lowest BCUT2D eigenvalue weighted by atomic mass is 9.99. The quantitative estimate of drug-likeness (QED) is 0.228. The number of likely N-dealkylation sites (N-methyl/N-ethyl adjacent to an activating group) is 1. The van der Waals surface area contributed by atoms with Crippen molar-refractivity contribution in [3.05, 3.63) is 58.6 Å². The summed E-state index contributed by atoms with van der Waals surface area (Å²) in [7, 11) is 0. The number of hydrazone groups is 1. The number of halogens is 3. The highest BCUT2D eigenvalue weighted by Crippen LogP contribution is 2.27. The van der Waals surface area contributed by atoms with Crippen LogP contribution in [0.2, 0.25) is 5.02 Å². The Labute approximate surface area is 231 Å². The van der Waals surface area contributed by atoms with Gasteiger partial charge in [-0.2, -0.15) is 19.1 Å². The van der Waals surface area contributed by atoms with E-state index in [4.69, 9.17) is 16.7 Å². The van der Waals surface area contributed by atoms with E-state index in [1.54, 1.807) is 17.0 Å². The van der Waals surface area contributed by atoms with Crippen LogP contribution in [0.1, 0.15) is 31.4 Å². The van der Waals surface area contributed by atoms with Crippen molar-refractivity contribution >= 4 is 34.9 Å². The molecule has 4 rings (SSSR count). The van der Waals surface area contributed by atoms with Crippen LogP contribution in [0.5, 0.6) is 5.75 Å². The van der Waals surface area contributed by atoms with Crippen LogP contribution in [0.3, 0.4) is 0 Å². The predicted molar refractivity (Wildman–Crippen MR) is 145 cm³/mol. The number of amides is 1. The van der Waals surface area contributed by atoms with Crippen LogP contribution in [-0.2, 0) is 4.79 Å². The zero-order valence-corrected chi connectivity index (χ0v) is 22.6. The molecule has 206 valence electrons. The fourth-order valence-corrected chi connectivity index (χ4v) is 4.92. The number of nitrogens with zero attached hydrogens (tertiary/aromatic N) is 5. The molecule has 1 saturated heterocycles. The smallest absolute Gasteiger partial charge is 0.387 e. The van der Waals surface area contributed by atoms with Crippen LogP contribution in [0.4, 0.5) is 14.5 Å². The van der Waals surface area contributed by atoms with Crippen molar-refractivity contribution in [1.29, 1.82) is 5.26 Å². The van der Waals surface area contributed by atoms with E-state index in [1.807, 2.05) is 32.2 Å². The number of carbonyl (C=O) groups is 1. The van der Waals surface area contributed by atoms with Gasteiger partial charge in [-0.1, -0.05) is 30.7 Å². The number of nitriles is 1. The Balaban J connectivity index is 1.72. The van der Waals surface area contributed by atoms with Crippen LogP contribution in [0, 0.1) is 24.3 Å². The average Bonchev–Trinajstić information content (AvgIpc) is 3.53. The number of ether oxygens (including phenoxy) is 1. The summed E-state index contributed by atoms with van der Waals surface area (Å²) in [6.07, 6.45) is 2.61. The number of alkyl halides is 2. The highest BCUT2D eigenvalue weighted by Gasteiger charge is 2.39. The average molecular weight is 558 g/mol. The van der Waals surface area contributed by atoms with Crippen LogP contribution in [-0.4, -0.2) is 65.8 Å². The predicted octanol–water partition coefficient (Wildman–Crippen LogP) is 4.24. The number of rotatable bonds is 7. The molecule has 0 aromatic heterocycles. The fraction of sp³-hybridized carbons (Fsp3) is 0.407. The molecule has 0 aliphatic carbocycles. The van der Waals surface area contributed by atoms with E-state index < -0.39 is 12.7 Å². The van der Waals surface area contributed by atoms with Crippen LogP contribution in [0.15, 0.2) is 52.6 Å². The Kier molecular flexibility index (Phi) is 8.99. The van der Waals surface area contributed by atoms with E-state index in [1.165, 1.54) is 23.2 Å². The van der Waals surface area contributed by atoms with Crippen molar-refractivity contribution in [2.75, 3.05) is 19.6 Å². The van der Waals surface area contributed by atoms with Gasteiger partial charge in [-0.05, 0) is 62.6 Å². The van der Waals surface area contributed by atoms with E-state index in [2.05, 4.69) is 27.3 Å². The zero-order valence-electron chi connectivity index (χ0n) is 21.9. The van der Waals surface area contributed by atoms with E-state index in [0.717, 1.165) is 24.1 Å². The second-order valence-electron chi connectivity index (χ2n) is 9.52.